The molecule has 0 aromatic carbocycles. The maximum absolute atomic E-state index is 12.3. The number of carbonyl (C=O) groups excluding carboxylic acids is 1. The number of pyridine rings is 3. The van der Waals surface area contributed by atoms with Crippen LogP contribution in [0.4, 0.5) is 21.2 Å². The first-order valence-corrected chi connectivity index (χ1v) is 18.0. The molecule has 50 heavy (non-hydrogen) atoms. The lowest BCUT2D eigenvalue weighted by molar-refractivity contribution is 0.0504. The van der Waals surface area contributed by atoms with E-state index in [1.54, 1.807) is 29.4 Å². The Labute approximate surface area is 307 Å². The Morgan fingerprint density at radius 3 is 2.08 bits per heavy atom. The second kappa shape index (κ2) is 16.8. The molecule has 2 aliphatic rings. The van der Waals surface area contributed by atoms with Gasteiger partial charge in [0.25, 0.3) is 5.56 Å². The number of anilines is 2. The Balaban J connectivity index is 0.000000237. The van der Waals surface area contributed by atoms with Gasteiger partial charge in [-0.15, -0.1) is 0 Å². The van der Waals surface area contributed by atoms with Gasteiger partial charge in [-0.2, -0.15) is 0 Å². The van der Waals surface area contributed by atoms with Crippen LogP contribution in [0.1, 0.15) is 80.1 Å². The summed E-state index contributed by atoms with van der Waals surface area (Å²) in [6.45, 7) is 11.4. The van der Waals surface area contributed by atoms with Crippen LogP contribution in [0, 0.1) is 3.57 Å². The van der Waals surface area contributed by atoms with Gasteiger partial charge in [-0.05, 0) is 139 Å². The van der Waals surface area contributed by atoms with Crippen molar-refractivity contribution in [1.82, 2.24) is 24.8 Å². The third kappa shape index (κ3) is 11.2. The number of alkyl carbamates (subject to hydrolysis) is 1. The third-order valence-corrected chi connectivity index (χ3v) is 9.08. The van der Waals surface area contributed by atoms with Crippen LogP contribution in [0.15, 0.2) is 59.8 Å². The quantitative estimate of drug-likeness (QED) is 0.177. The highest BCUT2D eigenvalue weighted by atomic mass is 127. The molecule has 13 nitrogen and oxygen atoms in total. The smallest absolute Gasteiger partial charge is 0.407 e. The number of methoxy groups -OCH3 is 1. The molecule has 3 heterocycles. The van der Waals surface area contributed by atoms with Crippen molar-refractivity contribution >= 4 is 46.4 Å². The minimum atomic E-state index is -0.833. The van der Waals surface area contributed by atoms with Gasteiger partial charge < -0.3 is 35.4 Å². The number of carbonyl (C=O) groups is 2. The standard InChI is InChI=1S/C21H28N4O4.C15H22IN3O2/c1-21(2,3)29-20(27)24-15-8-7-14(12-15)23-18-10-9-16(13-22-18)25-11-5-6-17(28-4)19(25)26;1-15(2,3)19(14(20)21)12-6-5-11(8-12)18-13-7-4-10(16)9-17-13/h5-6,9-11,13-15H,7-8,12H2,1-4H3,(H,22,23)(H,24,27);4,7,9,11-12H,5-6,8H2,1-3H3,(H,17,18)(H,20,21)/t14-,15-;11-,12-/m00/s1. The predicted octanol–water partition coefficient (Wildman–Crippen LogP) is 6.90. The van der Waals surface area contributed by atoms with E-state index in [9.17, 15) is 19.5 Å². The largest absolute Gasteiger partial charge is 0.491 e. The Bertz CT molecular complexity index is 1640. The average Bonchev–Trinajstić information content (AvgIpc) is 3.66. The van der Waals surface area contributed by atoms with Crippen LogP contribution < -0.4 is 26.2 Å². The Hall–Kier alpha value is -4.08. The van der Waals surface area contributed by atoms with Crippen LogP contribution in [-0.4, -0.2) is 79.1 Å². The Kier molecular flexibility index (Phi) is 13.0. The van der Waals surface area contributed by atoms with E-state index < -0.39 is 11.7 Å². The molecule has 0 aliphatic heterocycles. The molecule has 4 atom stereocenters. The molecule has 272 valence electrons. The Morgan fingerprint density at radius 2 is 1.52 bits per heavy atom. The summed E-state index contributed by atoms with van der Waals surface area (Å²) in [6, 6.07) is 11.7. The molecule has 2 amide bonds. The zero-order valence-electron chi connectivity index (χ0n) is 29.9. The van der Waals surface area contributed by atoms with Crippen LogP contribution in [0.25, 0.3) is 5.69 Å². The summed E-state index contributed by atoms with van der Waals surface area (Å²) >= 11 is 2.23. The van der Waals surface area contributed by atoms with E-state index in [1.807, 2.05) is 72.0 Å². The topological polar surface area (TPSA) is 160 Å². The zero-order chi connectivity index (χ0) is 36.6. The van der Waals surface area contributed by atoms with Crippen LogP contribution >= 0.6 is 22.6 Å². The van der Waals surface area contributed by atoms with Gasteiger partial charge in [-0.25, -0.2) is 19.6 Å². The number of aromatic nitrogens is 3. The lowest BCUT2D eigenvalue weighted by Crippen LogP contribution is -2.50. The summed E-state index contributed by atoms with van der Waals surface area (Å²) in [5, 5.41) is 19.2. The number of hydrogen-bond acceptors (Lipinski definition) is 9. The Morgan fingerprint density at radius 1 is 0.900 bits per heavy atom. The van der Waals surface area contributed by atoms with Crippen molar-refractivity contribution in [3.63, 3.8) is 0 Å². The summed E-state index contributed by atoms with van der Waals surface area (Å²) in [5.74, 6) is 1.87. The molecule has 3 aromatic rings. The summed E-state index contributed by atoms with van der Waals surface area (Å²) in [5.41, 5.74) is -0.442. The van der Waals surface area contributed by atoms with E-state index in [0.29, 0.717) is 5.69 Å². The van der Waals surface area contributed by atoms with Gasteiger partial charge >= 0.3 is 12.2 Å². The average molecular weight is 804 g/mol. The molecule has 0 bridgehead atoms. The number of carboxylic acid groups (broad SMARTS) is 1. The lowest BCUT2D eigenvalue weighted by Gasteiger charge is -2.38. The van der Waals surface area contributed by atoms with E-state index in [0.717, 1.165) is 53.7 Å². The maximum atomic E-state index is 12.3. The van der Waals surface area contributed by atoms with Crippen molar-refractivity contribution in [3.8, 4) is 11.4 Å². The second-order valence-electron chi connectivity index (χ2n) is 14.6. The maximum Gasteiger partial charge on any atom is 0.407 e. The summed E-state index contributed by atoms with van der Waals surface area (Å²) < 4.78 is 13.0. The molecule has 0 radical (unpaired) electrons. The minimum absolute atomic E-state index is 0.0730. The molecular weight excluding hydrogens is 753 g/mol. The molecule has 0 spiro atoms. The third-order valence-electron chi connectivity index (χ3n) is 8.44. The number of hydrogen-bond donors (Lipinski definition) is 4. The molecule has 4 N–H and O–H groups in total. The molecule has 2 fully saturated rings. The molecule has 0 unspecified atom stereocenters. The van der Waals surface area contributed by atoms with Gasteiger partial charge in [-0.3, -0.25) is 9.36 Å². The van der Waals surface area contributed by atoms with Crippen molar-refractivity contribution < 1.29 is 24.2 Å². The number of nitrogens with one attached hydrogen (secondary N) is 3. The normalized spacial score (nSPS) is 20.2. The van der Waals surface area contributed by atoms with Crippen molar-refractivity contribution in [2.45, 2.75) is 115 Å². The molecule has 5 rings (SSSR count). The van der Waals surface area contributed by atoms with Gasteiger partial charge in [-0.1, -0.05) is 0 Å². The highest BCUT2D eigenvalue weighted by Crippen LogP contribution is 2.31. The first-order chi connectivity index (χ1) is 23.5. The fourth-order valence-electron chi connectivity index (χ4n) is 6.36. The SMILES string of the molecule is CC(C)(C)N(C(=O)O)[C@H]1CC[C@H](Nc2ccc(I)cn2)C1.COc1cccn(-c2ccc(N[C@H]3CC[C@H](NC(=O)OC(C)(C)C)C3)nc2)c1=O. The number of rotatable bonds is 8. The molecule has 2 saturated carbocycles. The fraction of sp³-hybridized carbons (Fsp3) is 0.528. The molecule has 2 aliphatic carbocycles. The highest BCUT2D eigenvalue weighted by molar-refractivity contribution is 14.1. The fourth-order valence-corrected chi connectivity index (χ4v) is 6.68. The van der Waals surface area contributed by atoms with Crippen molar-refractivity contribution in [3.05, 3.63) is 68.9 Å². The van der Waals surface area contributed by atoms with Crippen molar-refractivity contribution in [2.24, 2.45) is 0 Å². The van der Waals surface area contributed by atoms with Crippen LogP contribution in [-0.2, 0) is 4.74 Å². The molecule has 3 aromatic heterocycles. The summed E-state index contributed by atoms with van der Waals surface area (Å²) in [4.78, 5) is 46.1. The number of amides is 2. The van der Waals surface area contributed by atoms with Crippen molar-refractivity contribution in [2.75, 3.05) is 17.7 Å². The van der Waals surface area contributed by atoms with Crippen molar-refractivity contribution in [1.29, 1.82) is 0 Å². The molecule has 14 heteroatoms. The van der Waals surface area contributed by atoms with Crippen LogP contribution in [0.2, 0.25) is 0 Å². The van der Waals surface area contributed by atoms with Crippen LogP contribution in [0.5, 0.6) is 5.75 Å². The minimum Gasteiger partial charge on any atom is -0.491 e. The van der Waals surface area contributed by atoms with E-state index in [4.69, 9.17) is 9.47 Å². The van der Waals surface area contributed by atoms with Gasteiger partial charge in [0.05, 0.1) is 19.0 Å². The monoisotopic (exact) mass is 803 g/mol. The number of halogens is 1. The zero-order valence-corrected chi connectivity index (χ0v) is 32.1. The van der Waals surface area contributed by atoms with Gasteiger partial charge in [0.15, 0.2) is 5.75 Å². The molecular formula is C36H50IN7O6. The highest BCUT2D eigenvalue weighted by Gasteiger charge is 2.38. The van der Waals surface area contributed by atoms with E-state index in [2.05, 4.69) is 48.5 Å². The van der Waals surface area contributed by atoms with E-state index >= 15 is 0 Å². The second-order valence-corrected chi connectivity index (χ2v) is 15.9. The first kappa shape index (κ1) is 38.7. The lowest BCUT2D eigenvalue weighted by atomic mass is 10.0. The van der Waals surface area contributed by atoms with Gasteiger partial charge in [0, 0.05) is 45.7 Å². The van der Waals surface area contributed by atoms with Gasteiger partial charge in [0.2, 0.25) is 0 Å². The number of ether oxygens (including phenoxy) is 2. The predicted molar refractivity (Wildman–Crippen MR) is 202 cm³/mol. The summed E-state index contributed by atoms with van der Waals surface area (Å²) in [6.07, 6.45) is 9.25. The summed E-state index contributed by atoms with van der Waals surface area (Å²) in [7, 11) is 1.47. The van der Waals surface area contributed by atoms with E-state index in [-0.39, 0.29) is 47.1 Å². The first-order valence-electron chi connectivity index (χ1n) is 16.9. The van der Waals surface area contributed by atoms with Crippen LogP contribution in [0.3, 0.4) is 0 Å². The molecule has 0 saturated heterocycles. The van der Waals surface area contributed by atoms with Gasteiger partial charge in [0.1, 0.15) is 17.2 Å². The van der Waals surface area contributed by atoms with E-state index in [1.165, 1.54) is 11.7 Å². The number of nitrogens with zero attached hydrogens (tertiary/aromatic N) is 4.